The Morgan fingerprint density at radius 3 is 1.50 bits per heavy atom. The Hall–Kier alpha value is -0.0900. The van der Waals surface area contributed by atoms with Gasteiger partial charge < -0.3 is 0 Å². The highest BCUT2D eigenvalue weighted by atomic mass is 32.2. The summed E-state index contributed by atoms with van der Waals surface area (Å²) in [5, 5.41) is 0. The van der Waals surface area contributed by atoms with E-state index in [0.717, 1.165) is 19.3 Å². The van der Waals surface area contributed by atoms with E-state index in [9.17, 15) is 8.42 Å². The highest BCUT2D eigenvalue weighted by Crippen LogP contribution is 2.11. The van der Waals surface area contributed by atoms with E-state index in [1.54, 1.807) is 0 Å². The third kappa shape index (κ3) is 12.4. The highest BCUT2D eigenvalue weighted by molar-refractivity contribution is 7.86. The minimum atomic E-state index is -3.23. The van der Waals surface area contributed by atoms with Crippen molar-refractivity contribution >= 4 is 10.1 Å². The molecule has 0 aliphatic heterocycles. The van der Waals surface area contributed by atoms with E-state index in [0.29, 0.717) is 0 Å². The number of unbranched alkanes of at least 4 members (excludes halogenated alkanes) is 10. The van der Waals surface area contributed by atoms with Crippen LogP contribution in [-0.4, -0.2) is 21.3 Å². The summed E-state index contributed by atoms with van der Waals surface area (Å²) in [4.78, 5) is 0. The molecule has 0 fully saturated rings. The maximum atomic E-state index is 11.0. The van der Waals surface area contributed by atoms with Crippen LogP contribution >= 0.6 is 0 Å². The van der Waals surface area contributed by atoms with Crippen LogP contribution in [-0.2, 0) is 14.3 Å². The molecule has 0 atom stereocenters. The van der Waals surface area contributed by atoms with E-state index >= 15 is 0 Å². The molecular formula is C14H30O3S. The Kier molecular flexibility index (Phi) is 11.9. The molecule has 0 saturated carbocycles. The second kappa shape index (κ2) is 12.0. The molecule has 0 heterocycles. The predicted octanol–water partition coefficient (Wildman–Crippen LogP) is 4.27. The lowest BCUT2D eigenvalue weighted by molar-refractivity contribution is 0.396. The third-order valence-electron chi connectivity index (χ3n) is 3.25. The van der Waals surface area contributed by atoms with Gasteiger partial charge in [-0.05, 0) is 6.42 Å². The molecule has 3 nitrogen and oxygen atoms in total. The van der Waals surface area contributed by atoms with Crippen molar-refractivity contribution in [3.05, 3.63) is 0 Å². The first kappa shape index (κ1) is 17.9. The molecule has 0 amide bonds. The fourth-order valence-corrected chi connectivity index (χ4v) is 2.75. The third-order valence-corrected chi connectivity index (χ3v) is 4.55. The van der Waals surface area contributed by atoms with Gasteiger partial charge in [0.25, 0.3) is 10.1 Å². The fourth-order valence-electron chi connectivity index (χ4n) is 2.03. The van der Waals surface area contributed by atoms with E-state index in [1.807, 2.05) is 0 Å². The van der Waals surface area contributed by atoms with Crippen molar-refractivity contribution in [2.75, 3.05) is 12.9 Å². The molecular weight excluding hydrogens is 248 g/mol. The van der Waals surface area contributed by atoms with Gasteiger partial charge in [-0.2, -0.15) is 8.42 Å². The van der Waals surface area contributed by atoms with E-state index < -0.39 is 10.1 Å². The Bertz CT molecular complexity index is 260. The molecule has 0 aromatic rings. The zero-order valence-corrected chi connectivity index (χ0v) is 12.9. The molecule has 0 aliphatic rings. The van der Waals surface area contributed by atoms with Gasteiger partial charge in [-0.1, -0.05) is 71.1 Å². The van der Waals surface area contributed by atoms with E-state index in [1.165, 1.54) is 58.5 Å². The van der Waals surface area contributed by atoms with E-state index in [2.05, 4.69) is 11.1 Å². The van der Waals surface area contributed by atoms with Crippen LogP contribution in [0.3, 0.4) is 0 Å². The molecule has 0 N–H and O–H groups in total. The average molecular weight is 278 g/mol. The van der Waals surface area contributed by atoms with Crippen molar-refractivity contribution in [2.45, 2.75) is 77.6 Å². The monoisotopic (exact) mass is 278 g/mol. The fraction of sp³-hybridized carbons (Fsp3) is 1.00. The largest absolute Gasteiger partial charge is 0.273 e. The van der Waals surface area contributed by atoms with E-state index in [4.69, 9.17) is 0 Å². The molecule has 0 aliphatic carbocycles. The Balaban J connectivity index is 3.12. The maximum Gasteiger partial charge on any atom is 0.267 e. The molecule has 0 bridgehead atoms. The van der Waals surface area contributed by atoms with Crippen LogP contribution in [0.4, 0.5) is 0 Å². The van der Waals surface area contributed by atoms with Crippen molar-refractivity contribution in [3.63, 3.8) is 0 Å². The van der Waals surface area contributed by atoms with Crippen molar-refractivity contribution in [3.8, 4) is 0 Å². The van der Waals surface area contributed by atoms with Crippen LogP contribution in [0.2, 0.25) is 0 Å². The van der Waals surface area contributed by atoms with Crippen LogP contribution < -0.4 is 0 Å². The minimum Gasteiger partial charge on any atom is -0.273 e. The lowest BCUT2D eigenvalue weighted by Gasteiger charge is -2.03. The maximum absolute atomic E-state index is 11.0. The van der Waals surface area contributed by atoms with E-state index in [-0.39, 0.29) is 5.75 Å². The van der Waals surface area contributed by atoms with Crippen molar-refractivity contribution < 1.29 is 12.6 Å². The predicted molar refractivity (Wildman–Crippen MR) is 77.3 cm³/mol. The molecule has 0 unspecified atom stereocenters. The molecule has 0 aromatic carbocycles. The van der Waals surface area contributed by atoms with Crippen LogP contribution in [0, 0.1) is 0 Å². The topological polar surface area (TPSA) is 43.4 Å². The van der Waals surface area contributed by atoms with Crippen molar-refractivity contribution in [1.29, 1.82) is 0 Å². The van der Waals surface area contributed by atoms with Gasteiger partial charge in [0, 0.05) is 0 Å². The summed E-state index contributed by atoms with van der Waals surface area (Å²) in [7, 11) is -2.00. The zero-order valence-electron chi connectivity index (χ0n) is 12.1. The quantitative estimate of drug-likeness (QED) is 0.373. The van der Waals surface area contributed by atoms with Gasteiger partial charge in [-0.15, -0.1) is 0 Å². The van der Waals surface area contributed by atoms with Gasteiger partial charge in [-0.25, -0.2) is 0 Å². The second-order valence-electron chi connectivity index (χ2n) is 4.96. The summed E-state index contributed by atoms with van der Waals surface area (Å²) in [5.41, 5.74) is 0. The Morgan fingerprint density at radius 1 is 0.722 bits per heavy atom. The van der Waals surface area contributed by atoms with Crippen LogP contribution in [0.15, 0.2) is 0 Å². The Morgan fingerprint density at radius 2 is 1.11 bits per heavy atom. The van der Waals surface area contributed by atoms with Gasteiger partial charge >= 0.3 is 0 Å². The second-order valence-corrected chi connectivity index (χ2v) is 6.82. The van der Waals surface area contributed by atoms with Gasteiger partial charge in [0.2, 0.25) is 0 Å². The van der Waals surface area contributed by atoms with Gasteiger partial charge in [-0.3, -0.25) is 4.18 Å². The van der Waals surface area contributed by atoms with Crippen molar-refractivity contribution in [1.82, 2.24) is 0 Å². The summed E-state index contributed by atoms with van der Waals surface area (Å²) < 4.78 is 26.5. The summed E-state index contributed by atoms with van der Waals surface area (Å²) in [6, 6.07) is 0. The normalized spacial score (nSPS) is 11.9. The first-order chi connectivity index (χ1) is 8.62. The van der Waals surface area contributed by atoms with Gasteiger partial charge in [0.1, 0.15) is 0 Å². The zero-order chi connectivity index (χ0) is 13.7. The molecule has 110 valence electrons. The number of rotatable bonds is 13. The molecule has 0 rings (SSSR count). The minimum absolute atomic E-state index is 0.167. The van der Waals surface area contributed by atoms with Gasteiger partial charge in [0.15, 0.2) is 0 Å². The molecule has 0 radical (unpaired) electrons. The summed E-state index contributed by atoms with van der Waals surface area (Å²) in [5.74, 6) is 0.167. The Labute approximate surface area is 113 Å². The smallest absolute Gasteiger partial charge is 0.267 e. The first-order valence-electron chi connectivity index (χ1n) is 7.40. The average Bonchev–Trinajstić information content (AvgIpc) is 2.36. The molecule has 0 aromatic heterocycles. The lowest BCUT2D eigenvalue weighted by atomic mass is 10.1. The van der Waals surface area contributed by atoms with Crippen molar-refractivity contribution in [2.24, 2.45) is 0 Å². The molecule has 4 heteroatoms. The van der Waals surface area contributed by atoms with Crippen LogP contribution in [0.25, 0.3) is 0 Å². The molecule has 0 spiro atoms. The summed E-state index contributed by atoms with van der Waals surface area (Å²) >= 11 is 0. The lowest BCUT2D eigenvalue weighted by Crippen LogP contribution is -2.07. The highest BCUT2D eigenvalue weighted by Gasteiger charge is 2.06. The van der Waals surface area contributed by atoms with Crippen LogP contribution in [0.1, 0.15) is 77.6 Å². The van der Waals surface area contributed by atoms with Crippen LogP contribution in [0.5, 0.6) is 0 Å². The number of hydrogen-bond acceptors (Lipinski definition) is 3. The summed E-state index contributed by atoms with van der Waals surface area (Å²) in [6.07, 6.45) is 13.5. The summed E-state index contributed by atoms with van der Waals surface area (Å²) in [6.45, 7) is 2.24. The first-order valence-corrected chi connectivity index (χ1v) is 8.98. The van der Waals surface area contributed by atoms with Gasteiger partial charge in [0.05, 0.1) is 12.9 Å². The standard InChI is InChI=1S/C14H30O3S/c1-3-4-5-6-7-8-9-10-11-12-13-14-18(15,16)17-2/h3-14H2,1-2H3. The molecule has 0 saturated heterocycles. The SMILES string of the molecule is CCCCCCCCCCCCCS(=O)(=O)OC. The number of hydrogen-bond donors (Lipinski definition) is 0. The molecule has 18 heavy (non-hydrogen) atoms.